The monoisotopic (exact) mass is 113 g/mol. The van der Waals surface area contributed by atoms with Crippen molar-refractivity contribution in [2.45, 2.75) is 20.3 Å². The normalized spacial score (nSPS) is 23.2. The first-order valence-electron chi connectivity index (χ1n) is 3.55. The van der Waals surface area contributed by atoms with Crippen LogP contribution in [-0.2, 0) is 0 Å². The highest BCUT2D eigenvalue weighted by atomic mass is 15.3. The second-order valence-corrected chi connectivity index (χ2v) is 2.81. The van der Waals surface area contributed by atoms with Crippen molar-refractivity contribution in [3.63, 3.8) is 0 Å². The minimum absolute atomic E-state index is 0.914. The van der Waals surface area contributed by atoms with Gasteiger partial charge in [0.1, 0.15) is 0 Å². The molecule has 0 spiro atoms. The molecule has 0 amide bonds. The van der Waals surface area contributed by atoms with Crippen LogP contribution in [0.1, 0.15) is 20.3 Å². The smallest absolute Gasteiger partial charge is 0.0110 e. The quantitative estimate of drug-likeness (QED) is 0.499. The fourth-order valence-electron chi connectivity index (χ4n) is 0.823. The molecule has 0 aromatic carbocycles. The molecule has 1 unspecified atom stereocenters. The third-order valence-corrected chi connectivity index (χ3v) is 1.81. The first-order valence-corrected chi connectivity index (χ1v) is 3.55. The van der Waals surface area contributed by atoms with Crippen molar-refractivity contribution in [2.75, 3.05) is 19.6 Å². The van der Waals surface area contributed by atoms with Gasteiger partial charge >= 0.3 is 0 Å². The van der Waals surface area contributed by atoms with Crippen LogP contribution in [-0.4, -0.2) is 24.5 Å². The van der Waals surface area contributed by atoms with Crippen molar-refractivity contribution in [2.24, 2.45) is 5.92 Å². The Morgan fingerprint density at radius 2 is 2.12 bits per heavy atom. The fourth-order valence-corrected chi connectivity index (χ4v) is 0.823. The van der Waals surface area contributed by atoms with E-state index >= 15 is 0 Å². The largest absolute Gasteiger partial charge is 0.301 e. The summed E-state index contributed by atoms with van der Waals surface area (Å²) in [6, 6.07) is 0. The van der Waals surface area contributed by atoms with Gasteiger partial charge in [-0.25, -0.2) is 0 Å². The Balaban J connectivity index is 1.98. The molecule has 0 aromatic heterocycles. The van der Waals surface area contributed by atoms with Crippen molar-refractivity contribution >= 4 is 0 Å². The van der Waals surface area contributed by atoms with Crippen LogP contribution in [0.5, 0.6) is 0 Å². The maximum Gasteiger partial charge on any atom is 0.0110 e. The molecular weight excluding hydrogens is 98.1 g/mol. The average Bonchev–Trinajstić information content (AvgIpc) is 2.50. The van der Waals surface area contributed by atoms with E-state index in [0.29, 0.717) is 0 Å². The van der Waals surface area contributed by atoms with Gasteiger partial charge in [-0.1, -0.05) is 20.3 Å². The molecule has 1 heterocycles. The molecule has 1 aliphatic heterocycles. The summed E-state index contributed by atoms with van der Waals surface area (Å²) in [6.45, 7) is 8.61. The third-order valence-electron chi connectivity index (χ3n) is 1.81. The van der Waals surface area contributed by atoms with E-state index in [4.69, 9.17) is 0 Å². The van der Waals surface area contributed by atoms with Gasteiger partial charge in [0.2, 0.25) is 0 Å². The van der Waals surface area contributed by atoms with E-state index in [2.05, 4.69) is 18.7 Å². The fraction of sp³-hybridized carbons (Fsp3) is 1.00. The molecule has 1 atom stereocenters. The first kappa shape index (κ1) is 6.09. The molecule has 1 rings (SSSR count). The molecule has 0 aromatic rings. The van der Waals surface area contributed by atoms with Gasteiger partial charge in [-0.2, -0.15) is 0 Å². The number of hydrogen-bond acceptors (Lipinski definition) is 1. The van der Waals surface area contributed by atoms with E-state index in [0.717, 1.165) is 5.92 Å². The lowest BCUT2D eigenvalue weighted by molar-refractivity contribution is 0.423. The van der Waals surface area contributed by atoms with Gasteiger partial charge in [-0.05, 0) is 5.92 Å². The van der Waals surface area contributed by atoms with Crippen LogP contribution < -0.4 is 0 Å². The lowest BCUT2D eigenvalue weighted by atomic mass is 10.1. The van der Waals surface area contributed by atoms with Crippen molar-refractivity contribution in [1.82, 2.24) is 4.90 Å². The topological polar surface area (TPSA) is 3.01 Å². The van der Waals surface area contributed by atoms with Gasteiger partial charge in [-0.15, -0.1) is 0 Å². The number of rotatable bonds is 3. The molecule has 48 valence electrons. The lowest BCUT2D eigenvalue weighted by Gasteiger charge is -2.06. The van der Waals surface area contributed by atoms with Crippen molar-refractivity contribution in [3.05, 3.63) is 0 Å². The van der Waals surface area contributed by atoms with Crippen molar-refractivity contribution in [1.29, 1.82) is 0 Å². The predicted molar refractivity (Wildman–Crippen MR) is 35.9 cm³/mol. The van der Waals surface area contributed by atoms with Crippen molar-refractivity contribution < 1.29 is 0 Å². The zero-order valence-corrected chi connectivity index (χ0v) is 5.85. The zero-order chi connectivity index (χ0) is 5.98. The highest BCUT2D eigenvalue weighted by Crippen LogP contribution is 2.10. The number of nitrogens with zero attached hydrogens (tertiary/aromatic N) is 1. The van der Waals surface area contributed by atoms with Crippen LogP contribution in [0.4, 0.5) is 0 Å². The molecule has 8 heavy (non-hydrogen) atoms. The van der Waals surface area contributed by atoms with Gasteiger partial charge in [0.15, 0.2) is 0 Å². The summed E-state index contributed by atoms with van der Waals surface area (Å²) in [4.78, 5) is 2.48. The summed E-state index contributed by atoms with van der Waals surface area (Å²) >= 11 is 0. The Kier molecular flexibility index (Phi) is 1.90. The van der Waals surface area contributed by atoms with E-state index in [-0.39, 0.29) is 0 Å². The van der Waals surface area contributed by atoms with E-state index in [1.165, 1.54) is 26.1 Å². The Morgan fingerprint density at radius 1 is 1.50 bits per heavy atom. The molecule has 0 saturated carbocycles. The Labute approximate surface area is 51.7 Å². The molecule has 0 radical (unpaired) electrons. The molecule has 1 aliphatic rings. The molecule has 0 N–H and O–H groups in total. The highest BCUT2D eigenvalue weighted by molar-refractivity contribution is 4.73. The highest BCUT2D eigenvalue weighted by Gasteiger charge is 2.18. The van der Waals surface area contributed by atoms with Gasteiger partial charge in [-0.3, -0.25) is 0 Å². The summed E-state index contributed by atoms with van der Waals surface area (Å²) in [5, 5.41) is 0. The molecule has 1 saturated heterocycles. The molecule has 0 bridgehead atoms. The summed E-state index contributed by atoms with van der Waals surface area (Å²) < 4.78 is 0. The van der Waals surface area contributed by atoms with Gasteiger partial charge in [0.05, 0.1) is 0 Å². The second-order valence-electron chi connectivity index (χ2n) is 2.81. The average molecular weight is 113 g/mol. The van der Waals surface area contributed by atoms with E-state index in [1.807, 2.05) is 0 Å². The second kappa shape index (κ2) is 2.49. The van der Waals surface area contributed by atoms with E-state index in [9.17, 15) is 0 Å². The summed E-state index contributed by atoms with van der Waals surface area (Å²) in [5.74, 6) is 0.914. The minimum atomic E-state index is 0.914. The standard InChI is InChI=1S/C7H15N/c1-3-7(2)6-8-4-5-8/h7H,3-6H2,1-2H3. The van der Waals surface area contributed by atoms with Gasteiger partial charge < -0.3 is 4.90 Å². The first-order chi connectivity index (χ1) is 3.83. The molecule has 1 nitrogen and oxygen atoms in total. The lowest BCUT2D eigenvalue weighted by Crippen LogP contribution is -2.08. The van der Waals surface area contributed by atoms with Gasteiger partial charge in [0, 0.05) is 19.6 Å². The van der Waals surface area contributed by atoms with Crippen LogP contribution in [0.3, 0.4) is 0 Å². The SMILES string of the molecule is CCC(C)CN1CC1. The van der Waals surface area contributed by atoms with E-state index in [1.54, 1.807) is 0 Å². The summed E-state index contributed by atoms with van der Waals surface area (Å²) in [6.07, 6.45) is 1.33. The predicted octanol–water partition coefficient (Wildman–Crippen LogP) is 1.35. The number of hydrogen-bond donors (Lipinski definition) is 0. The maximum atomic E-state index is 2.48. The molecular formula is C7H15N. The van der Waals surface area contributed by atoms with Crippen molar-refractivity contribution in [3.8, 4) is 0 Å². The van der Waals surface area contributed by atoms with Crippen LogP contribution in [0.25, 0.3) is 0 Å². The zero-order valence-electron chi connectivity index (χ0n) is 5.85. The molecule has 0 aliphatic carbocycles. The summed E-state index contributed by atoms with van der Waals surface area (Å²) in [5.41, 5.74) is 0. The maximum absolute atomic E-state index is 2.48. The van der Waals surface area contributed by atoms with Crippen LogP contribution >= 0.6 is 0 Å². The summed E-state index contributed by atoms with van der Waals surface area (Å²) in [7, 11) is 0. The van der Waals surface area contributed by atoms with Crippen LogP contribution in [0.2, 0.25) is 0 Å². The van der Waals surface area contributed by atoms with Crippen LogP contribution in [0, 0.1) is 5.92 Å². The Bertz CT molecular complexity index is 66.8. The third kappa shape index (κ3) is 1.83. The van der Waals surface area contributed by atoms with E-state index < -0.39 is 0 Å². The minimum Gasteiger partial charge on any atom is -0.301 e. The Hall–Kier alpha value is -0.0400. The molecule has 1 heteroatoms. The van der Waals surface area contributed by atoms with Gasteiger partial charge in [0.25, 0.3) is 0 Å². The molecule has 1 fully saturated rings. The Morgan fingerprint density at radius 3 is 2.50 bits per heavy atom. The van der Waals surface area contributed by atoms with Crippen LogP contribution in [0.15, 0.2) is 0 Å².